The monoisotopic (exact) mass is 184 g/mol. The lowest BCUT2D eigenvalue weighted by Gasteiger charge is -2.28. The molecule has 2 unspecified atom stereocenters. The molecular formula is C11H24N2. The maximum absolute atomic E-state index is 5.66. The molecular weight excluding hydrogens is 160 g/mol. The first-order chi connectivity index (χ1) is 5.95. The van der Waals surface area contributed by atoms with Crippen LogP contribution in [0.2, 0.25) is 0 Å². The second-order valence-corrected chi connectivity index (χ2v) is 5.43. The van der Waals surface area contributed by atoms with Crippen molar-refractivity contribution in [3.8, 4) is 0 Å². The topological polar surface area (TPSA) is 29.3 Å². The Morgan fingerprint density at radius 3 is 2.46 bits per heavy atom. The van der Waals surface area contributed by atoms with Crippen LogP contribution in [0.1, 0.15) is 34.1 Å². The molecule has 1 saturated heterocycles. The minimum Gasteiger partial charge on any atom is -0.329 e. The Hall–Kier alpha value is -0.0800. The normalized spacial score (nSPS) is 27.9. The van der Waals surface area contributed by atoms with Gasteiger partial charge < -0.3 is 5.73 Å². The van der Waals surface area contributed by atoms with Gasteiger partial charge in [0.05, 0.1) is 0 Å². The van der Waals surface area contributed by atoms with Gasteiger partial charge in [0, 0.05) is 19.1 Å². The summed E-state index contributed by atoms with van der Waals surface area (Å²) in [6.07, 6.45) is 1.34. The van der Waals surface area contributed by atoms with Gasteiger partial charge in [-0.15, -0.1) is 0 Å². The highest BCUT2D eigenvalue weighted by atomic mass is 15.2. The SMILES string of the molecule is CC(CN)N1CCC(C(C)(C)C)C1. The fourth-order valence-electron chi connectivity index (χ4n) is 2.04. The maximum Gasteiger partial charge on any atom is 0.0190 e. The van der Waals surface area contributed by atoms with E-state index < -0.39 is 0 Å². The van der Waals surface area contributed by atoms with Gasteiger partial charge in [0.15, 0.2) is 0 Å². The van der Waals surface area contributed by atoms with Gasteiger partial charge in [-0.3, -0.25) is 4.90 Å². The van der Waals surface area contributed by atoms with E-state index in [1.54, 1.807) is 0 Å². The Morgan fingerprint density at radius 2 is 2.08 bits per heavy atom. The molecule has 0 aromatic rings. The number of hydrogen-bond acceptors (Lipinski definition) is 2. The van der Waals surface area contributed by atoms with Crippen molar-refractivity contribution in [1.29, 1.82) is 0 Å². The van der Waals surface area contributed by atoms with Crippen molar-refractivity contribution < 1.29 is 0 Å². The molecule has 2 N–H and O–H groups in total. The molecule has 0 saturated carbocycles. The molecule has 0 spiro atoms. The highest BCUT2D eigenvalue weighted by Crippen LogP contribution is 2.33. The van der Waals surface area contributed by atoms with Crippen LogP contribution in [0.4, 0.5) is 0 Å². The lowest BCUT2D eigenvalue weighted by molar-refractivity contribution is 0.204. The summed E-state index contributed by atoms with van der Waals surface area (Å²) in [6, 6.07) is 0.562. The summed E-state index contributed by atoms with van der Waals surface area (Å²) < 4.78 is 0. The number of hydrogen-bond donors (Lipinski definition) is 1. The number of rotatable bonds is 2. The summed E-state index contributed by atoms with van der Waals surface area (Å²) in [6.45, 7) is 12.5. The lowest BCUT2D eigenvalue weighted by Crippen LogP contribution is -2.37. The summed E-state index contributed by atoms with van der Waals surface area (Å²) in [7, 11) is 0. The average molecular weight is 184 g/mol. The van der Waals surface area contributed by atoms with Gasteiger partial charge in [-0.2, -0.15) is 0 Å². The fourth-order valence-corrected chi connectivity index (χ4v) is 2.04. The quantitative estimate of drug-likeness (QED) is 0.708. The molecule has 1 heterocycles. The van der Waals surface area contributed by atoms with Crippen molar-refractivity contribution in [3.05, 3.63) is 0 Å². The molecule has 13 heavy (non-hydrogen) atoms. The number of likely N-dealkylation sites (tertiary alicyclic amines) is 1. The van der Waals surface area contributed by atoms with Crippen LogP contribution in [0.5, 0.6) is 0 Å². The molecule has 2 nitrogen and oxygen atoms in total. The highest BCUT2D eigenvalue weighted by molar-refractivity contribution is 4.86. The Morgan fingerprint density at radius 1 is 1.46 bits per heavy atom. The molecule has 78 valence electrons. The van der Waals surface area contributed by atoms with Crippen molar-refractivity contribution in [3.63, 3.8) is 0 Å². The van der Waals surface area contributed by atoms with Crippen LogP contribution in [0.25, 0.3) is 0 Å². The van der Waals surface area contributed by atoms with E-state index in [4.69, 9.17) is 5.73 Å². The van der Waals surface area contributed by atoms with E-state index in [9.17, 15) is 0 Å². The van der Waals surface area contributed by atoms with E-state index in [1.807, 2.05) is 0 Å². The van der Waals surface area contributed by atoms with Gasteiger partial charge in [0.1, 0.15) is 0 Å². The molecule has 0 aliphatic carbocycles. The Labute approximate surface area is 82.5 Å². The first-order valence-electron chi connectivity index (χ1n) is 5.39. The Bertz CT molecular complexity index is 160. The van der Waals surface area contributed by atoms with Crippen molar-refractivity contribution in [2.75, 3.05) is 19.6 Å². The van der Waals surface area contributed by atoms with Gasteiger partial charge in [-0.1, -0.05) is 20.8 Å². The Balaban J connectivity index is 2.45. The minimum absolute atomic E-state index is 0.461. The molecule has 0 radical (unpaired) electrons. The van der Waals surface area contributed by atoms with E-state index in [0.717, 1.165) is 12.5 Å². The summed E-state index contributed by atoms with van der Waals surface area (Å²) in [5.41, 5.74) is 6.13. The van der Waals surface area contributed by atoms with Gasteiger partial charge in [0.2, 0.25) is 0 Å². The fraction of sp³-hybridized carbons (Fsp3) is 1.00. The number of nitrogens with zero attached hydrogens (tertiary/aromatic N) is 1. The third-order valence-corrected chi connectivity index (χ3v) is 3.41. The van der Waals surface area contributed by atoms with E-state index in [0.29, 0.717) is 11.5 Å². The Kier molecular flexibility index (Phi) is 3.36. The smallest absolute Gasteiger partial charge is 0.0190 e. The van der Waals surface area contributed by atoms with Crippen LogP contribution >= 0.6 is 0 Å². The zero-order valence-corrected chi connectivity index (χ0v) is 9.51. The molecule has 2 heteroatoms. The van der Waals surface area contributed by atoms with Crippen LogP contribution in [0, 0.1) is 11.3 Å². The van der Waals surface area contributed by atoms with Crippen LogP contribution in [-0.2, 0) is 0 Å². The second-order valence-electron chi connectivity index (χ2n) is 5.43. The van der Waals surface area contributed by atoms with Gasteiger partial charge >= 0.3 is 0 Å². The lowest BCUT2D eigenvalue weighted by atomic mass is 9.80. The highest BCUT2D eigenvalue weighted by Gasteiger charge is 2.32. The largest absolute Gasteiger partial charge is 0.329 e. The van der Waals surface area contributed by atoms with E-state index in [1.165, 1.54) is 19.5 Å². The zero-order chi connectivity index (χ0) is 10.1. The maximum atomic E-state index is 5.66. The molecule has 1 aliphatic rings. The molecule has 0 aromatic heterocycles. The molecule has 1 fully saturated rings. The standard InChI is InChI=1S/C11H24N2/c1-9(7-12)13-6-5-10(8-13)11(2,3)4/h9-10H,5-8,12H2,1-4H3. The third kappa shape index (κ3) is 2.68. The minimum atomic E-state index is 0.461. The van der Waals surface area contributed by atoms with Crippen molar-refractivity contribution >= 4 is 0 Å². The second kappa shape index (κ2) is 3.97. The third-order valence-electron chi connectivity index (χ3n) is 3.41. The van der Waals surface area contributed by atoms with Gasteiger partial charge in [0.25, 0.3) is 0 Å². The average Bonchev–Trinajstić information content (AvgIpc) is 2.50. The van der Waals surface area contributed by atoms with Crippen molar-refractivity contribution in [2.45, 2.75) is 40.2 Å². The molecule has 2 atom stereocenters. The first-order valence-corrected chi connectivity index (χ1v) is 5.39. The van der Waals surface area contributed by atoms with Crippen LogP contribution in [0.3, 0.4) is 0 Å². The predicted octanol–water partition coefficient (Wildman–Crippen LogP) is 1.70. The summed E-state index contributed by atoms with van der Waals surface area (Å²) in [4.78, 5) is 2.52. The summed E-state index contributed by atoms with van der Waals surface area (Å²) in [5, 5.41) is 0. The molecule has 0 amide bonds. The molecule has 0 aromatic carbocycles. The van der Waals surface area contributed by atoms with Gasteiger partial charge in [-0.05, 0) is 31.2 Å². The number of nitrogens with two attached hydrogens (primary N) is 1. The van der Waals surface area contributed by atoms with Gasteiger partial charge in [-0.25, -0.2) is 0 Å². The van der Waals surface area contributed by atoms with E-state index in [-0.39, 0.29) is 0 Å². The van der Waals surface area contributed by atoms with E-state index in [2.05, 4.69) is 32.6 Å². The molecule has 0 bridgehead atoms. The molecule has 1 aliphatic heterocycles. The van der Waals surface area contributed by atoms with Crippen LogP contribution < -0.4 is 5.73 Å². The van der Waals surface area contributed by atoms with Crippen LogP contribution in [0.15, 0.2) is 0 Å². The van der Waals surface area contributed by atoms with E-state index >= 15 is 0 Å². The van der Waals surface area contributed by atoms with Crippen LogP contribution in [-0.4, -0.2) is 30.6 Å². The summed E-state index contributed by atoms with van der Waals surface area (Å²) in [5.74, 6) is 0.849. The van der Waals surface area contributed by atoms with Crippen molar-refractivity contribution in [2.24, 2.45) is 17.1 Å². The zero-order valence-electron chi connectivity index (χ0n) is 9.51. The summed E-state index contributed by atoms with van der Waals surface area (Å²) >= 11 is 0. The van der Waals surface area contributed by atoms with Crippen molar-refractivity contribution in [1.82, 2.24) is 4.90 Å². The predicted molar refractivity (Wildman–Crippen MR) is 57.7 cm³/mol. The first kappa shape index (κ1) is 11.0. The molecule has 1 rings (SSSR count).